The Labute approximate surface area is 124 Å². The van der Waals surface area contributed by atoms with Gasteiger partial charge in [-0.05, 0) is 30.7 Å². The van der Waals surface area contributed by atoms with Gasteiger partial charge in [-0.15, -0.1) is 0 Å². The minimum atomic E-state index is -0.228. The van der Waals surface area contributed by atoms with E-state index in [1.807, 2.05) is 31.2 Å². The Balaban J connectivity index is 1.97. The first-order chi connectivity index (χ1) is 10.2. The second kappa shape index (κ2) is 7.76. The first kappa shape index (κ1) is 15.5. The number of hydrogen-bond acceptors (Lipinski definition) is 3. The van der Waals surface area contributed by atoms with Crippen LogP contribution in [0, 0.1) is 5.82 Å². The number of hydrogen-bond donors (Lipinski definition) is 2. The van der Waals surface area contributed by atoms with E-state index in [0.29, 0.717) is 6.54 Å². The van der Waals surface area contributed by atoms with Crippen LogP contribution in [0.15, 0.2) is 48.5 Å². The second-order valence-electron chi connectivity index (χ2n) is 4.83. The Hall–Kier alpha value is -1.91. The van der Waals surface area contributed by atoms with E-state index in [0.717, 1.165) is 16.9 Å². The minimum absolute atomic E-state index is 0.00621. The van der Waals surface area contributed by atoms with Crippen LogP contribution in [0.2, 0.25) is 0 Å². The van der Waals surface area contributed by atoms with Gasteiger partial charge in [0.05, 0.1) is 6.61 Å². The van der Waals surface area contributed by atoms with Crippen molar-refractivity contribution in [2.24, 2.45) is 0 Å². The maximum Gasteiger partial charge on any atom is 0.123 e. The van der Waals surface area contributed by atoms with Crippen molar-refractivity contribution in [1.29, 1.82) is 0 Å². The molecule has 0 amide bonds. The van der Waals surface area contributed by atoms with Crippen molar-refractivity contribution in [2.75, 3.05) is 13.2 Å². The molecule has 1 atom stereocenters. The molecule has 2 N–H and O–H groups in total. The lowest BCUT2D eigenvalue weighted by molar-refractivity contribution is 0.200. The molecule has 0 aliphatic rings. The summed E-state index contributed by atoms with van der Waals surface area (Å²) in [6.07, 6.45) is 0. The topological polar surface area (TPSA) is 41.5 Å². The molecule has 0 saturated heterocycles. The molecular weight excluding hydrogens is 269 g/mol. The van der Waals surface area contributed by atoms with Crippen LogP contribution in [0.1, 0.15) is 24.1 Å². The summed E-state index contributed by atoms with van der Waals surface area (Å²) in [4.78, 5) is 0. The molecule has 2 rings (SSSR count). The highest BCUT2D eigenvalue weighted by Gasteiger charge is 2.07. The molecule has 0 aromatic heterocycles. The van der Waals surface area contributed by atoms with Crippen molar-refractivity contribution in [3.05, 3.63) is 65.5 Å². The molecule has 1 unspecified atom stereocenters. The number of nitrogens with one attached hydrogen (secondary N) is 1. The maximum atomic E-state index is 12.9. The van der Waals surface area contributed by atoms with E-state index in [1.165, 1.54) is 12.1 Å². The van der Waals surface area contributed by atoms with Gasteiger partial charge < -0.3 is 15.2 Å². The zero-order valence-corrected chi connectivity index (χ0v) is 12.1. The Morgan fingerprint density at radius 2 is 1.86 bits per heavy atom. The van der Waals surface area contributed by atoms with Crippen LogP contribution in [0.25, 0.3) is 0 Å². The molecule has 2 aromatic rings. The fourth-order valence-corrected chi connectivity index (χ4v) is 2.08. The molecule has 4 heteroatoms. The Bertz CT molecular complexity index is 557. The van der Waals surface area contributed by atoms with E-state index >= 15 is 0 Å². The lowest BCUT2D eigenvalue weighted by atomic mass is 10.1. The highest BCUT2D eigenvalue weighted by Crippen LogP contribution is 2.19. The average molecular weight is 289 g/mol. The highest BCUT2D eigenvalue weighted by atomic mass is 19.1. The Kier molecular flexibility index (Phi) is 5.72. The van der Waals surface area contributed by atoms with Gasteiger partial charge in [0.1, 0.15) is 18.2 Å². The van der Waals surface area contributed by atoms with Crippen LogP contribution in [-0.4, -0.2) is 18.3 Å². The Morgan fingerprint density at radius 3 is 2.57 bits per heavy atom. The molecule has 3 nitrogen and oxygen atoms in total. The number of aliphatic hydroxyl groups is 1. The minimum Gasteiger partial charge on any atom is -0.491 e. The van der Waals surface area contributed by atoms with Crippen LogP contribution in [0.5, 0.6) is 5.75 Å². The lowest BCUT2D eigenvalue weighted by Crippen LogP contribution is -2.18. The van der Waals surface area contributed by atoms with Crippen molar-refractivity contribution >= 4 is 0 Å². The first-order valence-electron chi connectivity index (χ1n) is 7.01. The van der Waals surface area contributed by atoms with E-state index in [2.05, 4.69) is 5.32 Å². The smallest absolute Gasteiger partial charge is 0.123 e. The molecule has 2 aromatic carbocycles. The summed E-state index contributed by atoms with van der Waals surface area (Å²) in [6.45, 7) is 2.95. The third-order valence-corrected chi connectivity index (χ3v) is 3.29. The molecule has 0 saturated carbocycles. The summed E-state index contributed by atoms with van der Waals surface area (Å²) in [5.41, 5.74) is 2.06. The summed E-state index contributed by atoms with van der Waals surface area (Å²) < 4.78 is 18.4. The van der Waals surface area contributed by atoms with E-state index in [-0.39, 0.29) is 25.1 Å². The zero-order valence-electron chi connectivity index (χ0n) is 12.1. The van der Waals surface area contributed by atoms with Crippen molar-refractivity contribution in [1.82, 2.24) is 5.32 Å². The normalized spacial score (nSPS) is 12.1. The molecule has 0 aliphatic heterocycles. The van der Waals surface area contributed by atoms with Gasteiger partial charge in [-0.25, -0.2) is 4.39 Å². The van der Waals surface area contributed by atoms with E-state index < -0.39 is 0 Å². The number of benzene rings is 2. The number of halogens is 1. The number of ether oxygens (including phenoxy) is 1. The molecule has 0 heterocycles. The molecule has 112 valence electrons. The van der Waals surface area contributed by atoms with Gasteiger partial charge in [-0.2, -0.15) is 0 Å². The van der Waals surface area contributed by atoms with Crippen LogP contribution < -0.4 is 10.1 Å². The predicted octanol–water partition coefficient (Wildman–Crippen LogP) is 3.05. The molecule has 0 aliphatic carbocycles. The summed E-state index contributed by atoms with van der Waals surface area (Å²) in [7, 11) is 0. The fourth-order valence-electron chi connectivity index (χ4n) is 2.08. The first-order valence-corrected chi connectivity index (χ1v) is 7.01. The maximum absolute atomic E-state index is 12.9. The highest BCUT2D eigenvalue weighted by molar-refractivity contribution is 5.33. The summed E-state index contributed by atoms with van der Waals surface area (Å²) in [5.74, 6) is 0.541. The van der Waals surface area contributed by atoms with Crippen LogP contribution in [-0.2, 0) is 6.54 Å². The second-order valence-corrected chi connectivity index (χ2v) is 4.83. The summed E-state index contributed by atoms with van der Waals surface area (Å²) >= 11 is 0. The van der Waals surface area contributed by atoms with Gasteiger partial charge in [-0.1, -0.05) is 30.3 Å². The predicted molar refractivity (Wildman–Crippen MR) is 80.7 cm³/mol. The largest absolute Gasteiger partial charge is 0.491 e. The number of para-hydroxylation sites is 1. The SMILES string of the molecule is CC(NCc1ccccc1OCCO)c1ccc(F)cc1. The third kappa shape index (κ3) is 4.55. The van der Waals surface area contributed by atoms with Gasteiger partial charge >= 0.3 is 0 Å². The molecule has 0 radical (unpaired) electrons. The van der Waals surface area contributed by atoms with Crippen LogP contribution >= 0.6 is 0 Å². The van der Waals surface area contributed by atoms with Crippen molar-refractivity contribution in [2.45, 2.75) is 19.5 Å². The van der Waals surface area contributed by atoms with Gasteiger partial charge in [0.25, 0.3) is 0 Å². The van der Waals surface area contributed by atoms with E-state index in [4.69, 9.17) is 9.84 Å². The Morgan fingerprint density at radius 1 is 1.14 bits per heavy atom. The standard InChI is InChI=1S/C17H20FNO2/c1-13(14-6-8-16(18)9-7-14)19-12-15-4-2-3-5-17(15)21-11-10-20/h2-9,13,19-20H,10-12H2,1H3. The molecule has 21 heavy (non-hydrogen) atoms. The van der Waals surface area contributed by atoms with Gasteiger partial charge in [0.2, 0.25) is 0 Å². The summed E-state index contributed by atoms with van der Waals surface area (Å²) in [5, 5.41) is 12.2. The molecule has 0 fully saturated rings. The third-order valence-electron chi connectivity index (χ3n) is 3.29. The number of rotatable bonds is 7. The van der Waals surface area contributed by atoms with Crippen LogP contribution in [0.3, 0.4) is 0 Å². The zero-order chi connectivity index (χ0) is 15.1. The molecular formula is C17H20FNO2. The number of aliphatic hydroxyl groups excluding tert-OH is 1. The quantitative estimate of drug-likeness (QED) is 0.823. The van der Waals surface area contributed by atoms with Gasteiger partial charge in [-0.3, -0.25) is 0 Å². The monoisotopic (exact) mass is 289 g/mol. The van der Waals surface area contributed by atoms with Gasteiger partial charge in [0, 0.05) is 18.2 Å². The average Bonchev–Trinajstić information content (AvgIpc) is 2.52. The van der Waals surface area contributed by atoms with Crippen LogP contribution in [0.4, 0.5) is 4.39 Å². The van der Waals surface area contributed by atoms with Gasteiger partial charge in [0.15, 0.2) is 0 Å². The van der Waals surface area contributed by atoms with E-state index in [9.17, 15) is 4.39 Å². The molecule has 0 bridgehead atoms. The van der Waals surface area contributed by atoms with E-state index in [1.54, 1.807) is 12.1 Å². The van der Waals surface area contributed by atoms with Crippen molar-refractivity contribution in [3.8, 4) is 5.75 Å². The van der Waals surface area contributed by atoms with Crippen molar-refractivity contribution in [3.63, 3.8) is 0 Å². The fraction of sp³-hybridized carbons (Fsp3) is 0.294. The molecule has 0 spiro atoms. The van der Waals surface area contributed by atoms with Crippen molar-refractivity contribution < 1.29 is 14.2 Å². The summed E-state index contributed by atoms with van der Waals surface area (Å²) in [6, 6.07) is 14.3. The lowest BCUT2D eigenvalue weighted by Gasteiger charge is -2.16.